The summed E-state index contributed by atoms with van der Waals surface area (Å²) in [7, 11) is 0. The number of anilines is 1. The molecule has 3 heterocycles. The lowest BCUT2D eigenvalue weighted by Gasteiger charge is -2.28. The van der Waals surface area contributed by atoms with E-state index < -0.39 is 11.1 Å². The first-order valence-corrected chi connectivity index (χ1v) is 10.6. The number of amides is 1. The summed E-state index contributed by atoms with van der Waals surface area (Å²) < 4.78 is 0. The third kappa shape index (κ3) is 3.34. The Morgan fingerprint density at radius 3 is 2.67 bits per heavy atom. The second-order valence-corrected chi connectivity index (χ2v) is 8.63. The average molecular weight is 420 g/mol. The van der Waals surface area contributed by atoms with Crippen molar-refractivity contribution in [2.45, 2.75) is 25.7 Å². The van der Waals surface area contributed by atoms with E-state index in [-0.39, 0.29) is 11.6 Å². The standard InChI is InChI=1S/C22H20N4O3S/c27-21-19-16-10-11-25(12-14-6-2-1-3-7-14)13-18(16)30-22(19)24-20(23-21)15-8-4-5-9-17(15)26(28)29/h1-9,20,24H,10-13H2,(H,23,27). The molecule has 5 rings (SSSR count). The molecule has 1 aromatic heterocycles. The minimum absolute atomic E-state index is 0.00546. The highest BCUT2D eigenvalue weighted by Crippen LogP contribution is 2.41. The molecule has 0 bridgehead atoms. The molecule has 0 spiro atoms. The molecule has 152 valence electrons. The first-order valence-electron chi connectivity index (χ1n) is 9.81. The van der Waals surface area contributed by atoms with Crippen molar-refractivity contribution in [1.82, 2.24) is 10.2 Å². The number of carbonyl (C=O) groups is 1. The Balaban J connectivity index is 1.41. The number of hydrogen-bond donors (Lipinski definition) is 2. The van der Waals surface area contributed by atoms with E-state index in [1.54, 1.807) is 29.5 Å². The molecular weight excluding hydrogens is 400 g/mol. The van der Waals surface area contributed by atoms with Gasteiger partial charge in [-0.25, -0.2) is 0 Å². The number of fused-ring (bicyclic) bond motifs is 3. The van der Waals surface area contributed by atoms with Gasteiger partial charge in [-0.2, -0.15) is 0 Å². The lowest BCUT2D eigenvalue weighted by atomic mass is 9.99. The van der Waals surface area contributed by atoms with E-state index in [0.717, 1.165) is 36.6 Å². The van der Waals surface area contributed by atoms with Crippen molar-refractivity contribution in [2.24, 2.45) is 0 Å². The number of benzene rings is 2. The molecule has 1 atom stereocenters. The smallest absolute Gasteiger partial charge is 0.276 e. The van der Waals surface area contributed by atoms with Crippen molar-refractivity contribution in [3.63, 3.8) is 0 Å². The van der Waals surface area contributed by atoms with Gasteiger partial charge < -0.3 is 10.6 Å². The van der Waals surface area contributed by atoms with Crippen molar-refractivity contribution in [2.75, 3.05) is 11.9 Å². The van der Waals surface area contributed by atoms with Crippen molar-refractivity contribution in [3.8, 4) is 0 Å². The molecule has 2 N–H and O–H groups in total. The van der Waals surface area contributed by atoms with E-state index in [9.17, 15) is 14.9 Å². The van der Waals surface area contributed by atoms with Crippen molar-refractivity contribution < 1.29 is 9.72 Å². The average Bonchev–Trinajstić information content (AvgIpc) is 3.12. The molecule has 8 heteroatoms. The van der Waals surface area contributed by atoms with Crippen LogP contribution < -0.4 is 10.6 Å². The topological polar surface area (TPSA) is 87.5 Å². The fourth-order valence-electron chi connectivity index (χ4n) is 4.20. The molecule has 0 fully saturated rings. The molecule has 7 nitrogen and oxygen atoms in total. The summed E-state index contributed by atoms with van der Waals surface area (Å²) in [6.45, 7) is 2.57. The number of nitro groups is 1. The molecule has 1 amide bonds. The predicted molar refractivity (Wildman–Crippen MR) is 116 cm³/mol. The molecule has 2 aromatic carbocycles. The Morgan fingerprint density at radius 2 is 1.87 bits per heavy atom. The van der Waals surface area contributed by atoms with Crippen LogP contribution in [0.5, 0.6) is 0 Å². The summed E-state index contributed by atoms with van der Waals surface area (Å²) in [5.74, 6) is -0.166. The maximum Gasteiger partial charge on any atom is 0.276 e. The Morgan fingerprint density at radius 1 is 1.10 bits per heavy atom. The van der Waals surface area contributed by atoms with Gasteiger partial charge >= 0.3 is 0 Å². The first kappa shape index (κ1) is 18.8. The normalized spacial score (nSPS) is 18.1. The Labute approximate surface area is 177 Å². The van der Waals surface area contributed by atoms with Gasteiger partial charge in [0.15, 0.2) is 0 Å². The second-order valence-electron chi connectivity index (χ2n) is 7.52. The van der Waals surface area contributed by atoms with Crippen LogP contribution in [0.1, 0.15) is 38.1 Å². The van der Waals surface area contributed by atoms with Gasteiger partial charge in [0, 0.05) is 30.6 Å². The number of nitrogens with zero attached hydrogens (tertiary/aromatic N) is 2. The molecule has 0 aliphatic carbocycles. The van der Waals surface area contributed by atoms with Crippen LogP contribution >= 0.6 is 11.3 Å². The largest absolute Gasteiger partial charge is 0.352 e. The van der Waals surface area contributed by atoms with Crippen LogP contribution in [-0.2, 0) is 19.5 Å². The van der Waals surface area contributed by atoms with Gasteiger partial charge in [0.2, 0.25) is 0 Å². The highest BCUT2D eigenvalue weighted by Gasteiger charge is 2.35. The molecule has 2 aliphatic rings. The Bertz CT molecular complexity index is 1130. The monoisotopic (exact) mass is 420 g/mol. The number of para-hydroxylation sites is 1. The fourth-order valence-corrected chi connectivity index (χ4v) is 5.51. The molecule has 0 radical (unpaired) electrons. The van der Waals surface area contributed by atoms with Gasteiger partial charge in [-0.3, -0.25) is 19.8 Å². The molecule has 0 saturated carbocycles. The van der Waals surface area contributed by atoms with Crippen LogP contribution in [0.15, 0.2) is 54.6 Å². The van der Waals surface area contributed by atoms with Crippen molar-refractivity contribution in [1.29, 1.82) is 0 Å². The van der Waals surface area contributed by atoms with Crippen LogP contribution in [0.25, 0.3) is 0 Å². The zero-order chi connectivity index (χ0) is 20.7. The van der Waals surface area contributed by atoms with Crippen LogP contribution in [0.4, 0.5) is 10.7 Å². The van der Waals surface area contributed by atoms with Gasteiger partial charge in [-0.05, 0) is 23.6 Å². The Kier molecular flexibility index (Phi) is 4.72. The van der Waals surface area contributed by atoms with Gasteiger partial charge in [-0.1, -0.05) is 42.5 Å². The summed E-state index contributed by atoms with van der Waals surface area (Å²) in [4.78, 5) is 27.5. The fraction of sp³-hybridized carbons (Fsp3) is 0.227. The van der Waals surface area contributed by atoms with Crippen LogP contribution in [0.3, 0.4) is 0 Å². The molecular formula is C22H20N4O3S. The summed E-state index contributed by atoms with van der Waals surface area (Å²) in [6, 6.07) is 16.9. The maximum atomic E-state index is 12.9. The summed E-state index contributed by atoms with van der Waals surface area (Å²) in [5, 5.41) is 18.4. The quantitative estimate of drug-likeness (QED) is 0.491. The summed E-state index contributed by atoms with van der Waals surface area (Å²) >= 11 is 1.59. The highest BCUT2D eigenvalue weighted by molar-refractivity contribution is 7.16. The predicted octanol–water partition coefficient (Wildman–Crippen LogP) is 4.07. The molecule has 30 heavy (non-hydrogen) atoms. The van der Waals surface area contributed by atoms with Gasteiger partial charge in [0.1, 0.15) is 11.2 Å². The van der Waals surface area contributed by atoms with Crippen molar-refractivity contribution >= 4 is 27.9 Å². The lowest BCUT2D eigenvalue weighted by Crippen LogP contribution is -2.39. The summed E-state index contributed by atoms with van der Waals surface area (Å²) in [5.41, 5.74) is 3.52. The number of hydrogen-bond acceptors (Lipinski definition) is 6. The molecule has 2 aliphatic heterocycles. The maximum absolute atomic E-state index is 12.9. The van der Waals surface area contributed by atoms with Gasteiger partial charge in [-0.15, -0.1) is 11.3 Å². The van der Waals surface area contributed by atoms with Crippen molar-refractivity contribution in [3.05, 3.63) is 91.8 Å². The highest BCUT2D eigenvalue weighted by atomic mass is 32.1. The number of nitrogens with one attached hydrogen (secondary N) is 2. The van der Waals surface area contributed by atoms with E-state index in [1.807, 2.05) is 18.2 Å². The zero-order valence-electron chi connectivity index (χ0n) is 16.1. The molecule has 3 aromatic rings. The number of nitro benzene ring substituents is 1. The Hall–Kier alpha value is -3.23. The van der Waals surface area contributed by atoms with Gasteiger partial charge in [0.05, 0.1) is 16.1 Å². The third-order valence-electron chi connectivity index (χ3n) is 5.61. The van der Waals surface area contributed by atoms with E-state index in [4.69, 9.17) is 0 Å². The van der Waals surface area contributed by atoms with E-state index in [1.165, 1.54) is 16.5 Å². The van der Waals surface area contributed by atoms with Crippen LogP contribution in [0, 0.1) is 10.1 Å². The SMILES string of the molecule is O=C1NC(c2ccccc2[N+](=O)[O-])Nc2sc3c(c21)CCN(Cc1ccccc1)C3. The van der Waals surface area contributed by atoms with E-state index in [0.29, 0.717) is 11.1 Å². The minimum Gasteiger partial charge on any atom is -0.352 e. The number of carbonyl (C=O) groups excluding carboxylic acids is 1. The zero-order valence-corrected chi connectivity index (χ0v) is 16.9. The molecule has 1 unspecified atom stereocenters. The van der Waals surface area contributed by atoms with Crippen LogP contribution in [0.2, 0.25) is 0 Å². The number of rotatable bonds is 4. The third-order valence-corrected chi connectivity index (χ3v) is 6.76. The van der Waals surface area contributed by atoms with E-state index >= 15 is 0 Å². The lowest BCUT2D eigenvalue weighted by molar-refractivity contribution is -0.385. The minimum atomic E-state index is -0.618. The van der Waals surface area contributed by atoms with E-state index in [2.05, 4.69) is 27.7 Å². The first-order chi connectivity index (χ1) is 14.6. The van der Waals surface area contributed by atoms with Gasteiger partial charge in [0.25, 0.3) is 11.6 Å². The molecule has 0 saturated heterocycles. The second kappa shape index (κ2) is 7.55. The summed E-state index contributed by atoms with van der Waals surface area (Å²) in [6.07, 6.45) is 0.200. The number of thiophene rings is 1. The van der Waals surface area contributed by atoms with Crippen LogP contribution in [-0.4, -0.2) is 22.3 Å².